The van der Waals surface area contributed by atoms with E-state index in [2.05, 4.69) is 43.0 Å². The second kappa shape index (κ2) is 9.82. The summed E-state index contributed by atoms with van der Waals surface area (Å²) in [6.07, 6.45) is 6.98. The third kappa shape index (κ3) is 4.54. The van der Waals surface area contributed by atoms with E-state index in [1.54, 1.807) is 47.5 Å². The number of aromatic nitrogens is 2. The van der Waals surface area contributed by atoms with Crippen molar-refractivity contribution in [3.8, 4) is 0 Å². The van der Waals surface area contributed by atoms with E-state index in [0.29, 0.717) is 5.84 Å². The van der Waals surface area contributed by atoms with E-state index < -0.39 is 0 Å². The lowest BCUT2D eigenvalue weighted by Gasteiger charge is -2.24. The van der Waals surface area contributed by atoms with Crippen LogP contribution in [0.5, 0.6) is 0 Å². The Labute approximate surface area is 222 Å². The fraction of sp³-hybridized carbons (Fsp3) is 0.231. The van der Waals surface area contributed by atoms with Gasteiger partial charge >= 0.3 is 0 Å². The molecule has 0 bridgehead atoms. The van der Waals surface area contributed by atoms with Crippen LogP contribution in [-0.4, -0.2) is 21.6 Å². The summed E-state index contributed by atoms with van der Waals surface area (Å²) in [7, 11) is 0. The lowest BCUT2D eigenvalue weighted by Crippen LogP contribution is -2.24. The summed E-state index contributed by atoms with van der Waals surface area (Å²) in [6.45, 7) is 8.34. The van der Waals surface area contributed by atoms with Crippen LogP contribution in [0.2, 0.25) is 10.0 Å². The molecule has 1 aliphatic rings. The lowest BCUT2D eigenvalue weighted by molar-refractivity contribution is 0.824. The predicted octanol–water partition coefficient (Wildman–Crippen LogP) is 8.26. The number of hydrogen-bond acceptors (Lipinski definition) is 6. The maximum atomic E-state index is 6.95. The molecule has 0 fully saturated rings. The molecule has 0 radical (unpaired) electrons. The molecule has 178 valence electrons. The summed E-state index contributed by atoms with van der Waals surface area (Å²) in [5, 5.41) is 5.08. The lowest BCUT2D eigenvalue weighted by atomic mass is 9.81. The Hall–Kier alpha value is -2.58. The van der Waals surface area contributed by atoms with Crippen molar-refractivity contribution in [2.75, 3.05) is 5.32 Å². The average Bonchev–Trinajstić information content (AvgIpc) is 3.39. The van der Waals surface area contributed by atoms with Crippen LogP contribution in [0.3, 0.4) is 0 Å². The SMILES string of the molecule is Cc1sc(C)c(C2C(=Nc3ccncc3)N=C(Nc3ccncc3)C2c2c(C)sc(C)c2Cl)c1Cl. The molecule has 4 aromatic heterocycles. The molecule has 0 saturated carbocycles. The third-order valence-electron chi connectivity index (χ3n) is 6.08. The number of aryl methyl sites for hydroxylation is 4. The van der Waals surface area contributed by atoms with Gasteiger partial charge in [-0.15, -0.1) is 22.7 Å². The molecule has 35 heavy (non-hydrogen) atoms. The van der Waals surface area contributed by atoms with Gasteiger partial charge in [-0.2, -0.15) is 0 Å². The average molecular weight is 541 g/mol. The number of pyridine rings is 2. The highest BCUT2D eigenvalue weighted by atomic mass is 35.5. The van der Waals surface area contributed by atoms with E-state index in [-0.39, 0.29) is 11.8 Å². The van der Waals surface area contributed by atoms with E-state index in [1.165, 1.54) is 0 Å². The van der Waals surface area contributed by atoms with Crippen molar-refractivity contribution in [3.63, 3.8) is 0 Å². The first kappa shape index (κ1) is 24.1. The van der Waals surface area contributed by atoms with Gasteiger partial charge in [-0.3, -0.25) is 9.97 Å². The highest BCUT2D eigenvalue weighted by molar-refractivity contribution is 7.13. The molecular formula is C26H23Cl2N5S2. The van der Waals surface area contributed by atoms with Gasteiger partial charge in [0.05, 0.1) is 27.6 Å². The summed E-state index contributed by atoms with van der Waals surface area (Å²) in [5.41, 5.74) is 3.82. The Morgan fingerprint density at radius 3 is 1.77 bits per heavy atom. The number of nitrogens with one attached hydrogen (secondary N) is 1. The first-order valence-electron chi connectivity index (χ1n) is 11.1. The number of nitrogens with zero attached hydrogens (tertiary/aromatic N) is 4. The van der Waals surface area contributed by atoms with Crippen molar-refractivity contribution in [2.24, 2.45) is 9.98 Å². The number of aliphatic imine (C=N–C) groups is 2. The Morgan fingerprint density at radius 2 is 1.26 bits per heavy atom. The summed E-state index contributed by atoms with van der Waals surface area (Å²) >= 11 is 17.3. The van der Waals surface area contributed by atoms with Crippen molar-refractivity contribution < 1.29 is 0 Å². The van der Waals surface area contributed by atoms with Crippen LogP contribution in [-0.2, 0) is 0 Å². The van der Waals surface area contributed by atoms with Crippen LogP contribution >= 0.6 is 45.9 Å². The first-order chi connectivity index (χ1) is 16.8. The minimum Gasteiger partial charge on any atom is -0.343 e. The van der Waals surface area contributed by atoms with Gasteiger partial charge in [-0.05, 0) is 63.1 Å². The van der Waals surface area contributed by atoms with Gasteiger partial charge in [-0.1, -0.05) is 23.2 Å². The van der Waals surface area contributed by atoms with Gasteiger partial charge < -0.3 is 5.32 Å². The standard InChI is InChI=1S/C26H23Cl2N5S2/c1-13-19(23(27)15(3)34-13)21-22(20-14(2)35-16(4)24(20)28)26(32-18-7-11-30-12-8-18)33-25(21)31-17-5-9-29-10-6-17/h5-12,21-22H,1-4H3,(H,29,30,31,32,33). The summed E-state index contributed by atoms with van der Waals surface area (Å²) in [5.74, 6) is 1.11. The van der Waals surface area contributed by atoms with Gasteiger partial charge in [0.25, 0.3) is 0 Å². The van der Waals surface area contributed by atoms with E-state index in [4.69, 9.17) is 33.2 Å². The van der Waals surface area contributed by atoms with Crippen molar-refractivity contribution in [1.29, 1.82) is 0 Å². The molecule has 2 unspecified atom stereocenters. The van der Waals surface area contributed by atoms with Gasteiger partial charge in [-0.25, -0.2) is 9.98 Å². The Bertz CT molecular complexity index is 1440. The highest BCUT2D eigenvalue weighted by Gasteiger charge is 2.44. The normalized spacial score (nSPS) is 18.8. The van der Waals surface area contributed by atoms with Gasteiger partial charge in [0.1, 0.15) is 11.7 Å². The number of hydrogen-bond donors (Lipinski definition) is 1. The van der Waals surface area contributed by atoms with Crippen molar-refractivity contribution >= 4 is 68.9 Å². The molecule has 1 aliphatic heterocycles. The maximum Gasteiger partial charge on any atom is 0.139 e. The van der Waals surface area contributed by atoms with Crippen LogP contribution in [0.4, 0.5) is 11.4 Å². The summed E-state index contributed by atoms with van der Waals surface area (Å²) in [4.78, 5) is 22.8. The molecule has 1 N–H and O–H groups in total. The topological polar surface area (TPSA) is 62.5 Å². The first-order valence-corrected chi connectivity index (χ1v) is 13.5. The van der Waals surface area contributed by atoms with Crippen LogP contribution < -0.4 is 5.32 Å². The van der Waals surface area contributed by atoms with E-state index in [0.717, 1.165) is 57.9 Å². The molecule has 5 rings (SSSR count). The Balaban J connectivity index is 1.76. The molecule has 0 aromatic carbocycles. The molecule has 0 amide bonds. The van der Waals surface area contributed by atoms with Crippen LogP contribution in [0.15, 0.2) is 59.0 Å². The molecule has 2 atom stereocenters. The largest absolute Gasteiger partial charge is 0.343 e. The minimum absolute atomic E-state index is 0.175. The van der Waals surface area contributed by atoms with E-state index in [9.17, 15) is 0 Å². The maximum absolute atomic E-state index is 6.95. The number of rotatable bonds is 4. The molecule has 9 heteroatoms. The molecule has 0 saturated heterocycles. The molecule has 0 aliphatic carbocycles. The van der Waals surface area contributed by atoms with Gasteiger partial charge in [0, 0.05) is 50.0 Å². The summed E-state index contributed by atoms with van der Waals surface area (Å²) < 4.78 is 0. The minimum atomic E-state index is -0.199. The predicted molar refractivity (Wildman–Crippen MR) is 150 cm³/mol. The molecule has 5 heterocycles. The van der Waals surface area contributed by atoms with Crippen LogP contribution in [0, 0.1) is 27.7 Å². The Kier molecular flexibility index (Phi) is 6.77. The van der Waals surface area contributed by atoms with E-state index >= 15 is 0 Å². The zero-order chi connectivity index (χ0) is 24.7. The molecular weight excluding hydrogens is 517 g/mol. The molecule has 5 nitrogen and oxygen atoms in total. The third-order valence-corrected chi connectivity index (χ3v) is 9.36. The van der Waals surface area contributed by atoms with Gasteiger partial charge in [0.15, 0.2) is 0 Å². The zero-order valence-electron chi connectivity index (χ0n) is 19.6. The van der Waals surface area contributed by atoms with Crippen molar-refractivity contribution in [1.82, 2.24) is 9.97 Å². The molecule has 4 aromatic rings. The smallest absolute Gasteiger partial charge is 0.139 e. The number of thiophene rings is 2. The fourth-order valence-corrected chi connectivity index (χ4v) is 7.42. The quantitative estimate of drug-likeness (QED) is 0.283. The number of amidine groups is 2. The summed E-state index contributed by atoms with van der Waals surface area (Å²) in [6, 6.07) is 7.60. The molecule has 0 spiro atoms. The van der Waals surface area contributed by atoms with Crippen molar-refractivity contribution in [3.05, 3.63) is 89.7 Å². The second-order valence-electron chi connectivity index (χ2n) is 8.37. The Morgan fingerprint density at radius 1 is 0.743 bits per heavy atom. The van der Waals surface area contributed by atoms with Gasteiger partial charge in [0.2, 0.25) is 0 Å². The van der Waals surface area contributed by atoms with E-state index in [1.807, 2.05) is 24.3 Å². The number of halogens is 2. The second-order valence-corrected chi connectivity index (χ2v) is 12.0. The van der Waals surface area contributed by atoms with Crippen LogP contribution in [0.1, 0.15) is 42.5 Å². The highest BCUT2D eigenvalue weighted by Crippen LogP contribution is 2.51. The number of anilines is 1. The monoisotopic (exact) mass is 539 g/mol. The fourth-order valence-electron chi connectivity index (χ4n) is 4.56. The van der Waals surface area contributed by atoms with Crippen molar-refractivity contribution in [2.45, 2.75) is 39.5 Å². The zero-order valence-corrected chi connectivity index (χ0v) is 22.8. The van der Waals surface area contributed by atoms with Crippen LogP contribution in [0.25, 0.3) is 0 Å².